The minimum absolute atomic E-state index is 0.00425. The van der Waals surface area contributed by atoms with E-state index in [1.165, 1.54) is 36.4 Å². The summed E-state index contributed by atoms with van der Waals surface area (Å²) in [7, 11) is 0. The Morgan fingerprint density at radius 3 is 2.52 bits per heavy atom. The largest absolute Gasteiger partial charge is 0.507 e. The van der Waals surface area contributed by atoms with Crippen LogP contribution in [0.1, 0.15) is 37.5 Å². The quantitative estimate of drug-likeness (QED) is 0.514. The third-order valence-corrected chi connectivity index (χ3v) is 6.08. The van der Waals surface area contributed by atoms with Crippen molar-refractivity contribution in [2.45, 2.75) is 44.9 Å². The normalized spacial score (nSPS) is 17.9. The zero-order valence-corrected chi connectivity index (χ0v) is 17.6. The molecule has 31 heavy (non-hydrogen) atoms. The molecule has 2 aromatic carbocycles. The average molecular weight is 452 g/mol. The molecule has 1 N–H and O–H groups in total. The first-order valence-electron chi connectivity index (χ1n) is 10.1. The lowest BCUT2D eigenvalue weighted by Gasteiger charge is -2.33. The van der Waals surface area contributed by atoms with Gasteiger partial charge in [0.15, 0.2) is 0 Å². The monoisotopic (exact) mass is 451 g/mol. The Hall–Kier alpha value is -2.51. The summed E-state index contributed by atoms with van der Waals surface area (Å²) < 4.78 is 47.2. The van der Waals surface area contributed by atoms with E-state index in [4.69, 9.17) is 16.0 Å². The smallest absolute Gasteiger partial charge is 0.450 e. The van der Waals surface area contributed by atoms with Crippen molar-refractivity contribution in [2.75, 3.05) is 6.54 Å². The number of benzene rings is 2. The van der Waals surface area contributed by atoms with E-state index in [0.29, 0.717) is 5.02 Å². The number of halogens is 4. The number of likely N-dealkylation sites (tertiary alicyclic amines) is 1. The standard InChI is InChI=1S/C23H21ClF3NO3/c1-13-4-2-3-11-28(13)12-17-18(29)10-9-16-20(30)19(14-5-7-15(24)8-6-14)22(23(25,26)27)31-21(16)17/h5-10,13,29H,2-4,11-12H2,1H3/t13-/m1/s1. The maximum atomic E-state index is 13.9. The maximum absolute atomic E-state index is 13.9. The van der Waals surface area contributed by atoms with E-state index in [2.05, 4.69) is 4.90 Å². The highest BCUT2D eigenvalue weighted by molar-refractivity contribution is 6.30. The molecule has 2 heterocycles. The molecule has 0 amide bonds. The predicted molar refractivity (Wildman–Crippen MR) is 113 cm³/mol. The molecule has 1 atom stereocenters. The molecule has 164 valence electrons. The first-order valence-corrected chi connectivity index (χ1v) is 10.4. The second-order valence-electron chi connectivity index (χ2n) is 7.90. The molecular weight excluding hydrogens is 431 g/mol. The van der Waals surface area contributed by atoms with Crippen LogP contribution in [0, 0.1) is 0 Å². The lowest BCUT2D eigenvalue weighted by atomic mass is 9.99. The van der Waals surface area contributed by atoms with E-state index in [0.717, 1.165) is 25.8 Å². The Bertz CT molecular complexity index is 1170. The first-order chi connectivity index (χ1) is 14.7. The summed E-state index contributed by atoms with van der Waals surface area (Å²) in [6.07, 6.45) is -1.89. The molecule has 1 aliphatic rings. The van der Waals surface area contributed by atoms with Gasteiger partial charge in [0.25, 0.3) is 0 Å². The first kappa shape index (κ1) is 21.7. The molecular formula is C23H21ClF3NO3. The zero-order chi connectivity index (χ0) is 22.3. The summed E-state index contributed by atoms with van der Waals surface area (Å²) in [6, 6.07) is 8.40. The summed E-state index contributed by atoms with van der Waals surface area (Å²) in [6.45, 7) is 3.00. The lowest BCUT2D eigenvalue weighted by molar-refractivity contribution is -0.152. The van der Waals surface area contributed by atoms with E-state index in [1.807, 2.05) is 6.92 Å². The predicted octanol–water partition coefficient (Wildman–Crippen LogP) is 6.21. The number of fused-ring (bicyclic) bond motifs is 1. The second kappa shape index (κ2) is 8.20. The van der Waals surface area contributed by atoms with E-state index in [9.17, 15) is 23.1 Å². The highest BCUT2D eigenvalue weighted by Gasteiger charge is 2.40. The molecule has 1 saturated heterocycles. The van der Waals surface area contributed by atoms with Crippen LogP contribution < -0.4 is 5.43 Å². The number of piperidine rings is 1. The third kappa shape index (κ3) is 4.16. The Balaban J connectivity index is 1.96. The van der Waals surface area contributed by atoms with Crippen molar-refractivity contribution in [3.63, 3.8) is 0 Å². The second-order valence-corrected chi connectivity index (χ2v) is 8.33. The number of phenolic OH excluding ortho intramolecular Hbond substituents is 1. The van der Waals surface area contributed by atoms with Crippen LogP contribution in [-0.2, 0) is 12.7 Å². The Kier molecular flexibility index (Phi) is 5.75. The Morgan fingerprint density at radius 1 is 1.16 bits per heavy atom. The molecule has 0 aliphatic carbocycles. The molecule has 1 aliphatic heterocycles. The fourth-order valence-electron chi connectivity index (χ4n) is 4.13. The van der Waals surface area contributed by atoms with E-state index >= 15 is 0 Å². The van der Waals surface area contributed by atoms with Crippen LogP contribution in [0.15, 0.2) is 45.6 Å². The van der Waals surface area contributed by atoms with Crippen LogP contribution in [0.4, 0.5) is 13.2 Å². The van der Waals surface area contributed by atoms with Crippen molar-refractivity contribution >= 4 is 22.6 Å². The molecule has 0 bridgehead atoms. The Labute approximate surface area is 181 Å². The number of phenols is 1. The van der Waals surface area contributed by atoms with E-state index in [1.54, 1.807) is 0 Å². The number of rotatable bonds is 3. The van der Waals surface area contributed by atoms with Gasteiger partial charge >= 0.3 is 6.18 Å². The van der Waals surface area contributed by atoms with E-state index < -0.39 is 22.9 Å². The minimum atomic E-state index is -4.90. The van der Waals surface area contributed by atoms with Gasteiger partial charge < -0.3 is 9.52 Å². The molecule has 8 heteroatoms. The highest BCUT2D eigenvalue weighted by atomic mass is 35.5. The molecule has 0 unspecified atom stereocenters. The fraction of sp³-hybridized carbons (Fsp3) is 0.348. The van der Waals surface area contributed by atoms with Gasteiger partial charge in [0.2, 0.25) is 11.2 Å². The third-order valence-electron chi connectivity index (χ3n) is 5.83. The summed E-state index contributed by atoms with van der Waals surface area (Å²) in [5.74, 6) is -1.58. The average Bonchev–Trinajstić information content (AvgIpc) is 2.71. The van der Waals surface area contributed by atoms with Crippen LogP contribution in [0.5, 0.6) is 5.75 Å². The van der Waals surface area contributed by atoms with Crippen molar-refractivity contribution in [1.82, 2.24) is 4.90 Å². The summed E-state index contributed by atoms with van der Waals surface area (Å²) in [4.78, 5) is 15.3. The van der Waals surface area contributed by atoms with E-state index in [-0.39, 0.29) is 40.4 Å². The van der Waals surface area contributed by atoms with Gasteiger partial charge in [0.05, 0.1) is 16.5 Å². The van der Waals surface area contributed by atoms with Crippen molar-refractivity contribution in [1.29, 1.82) is 0 Å². The maximum Gasteiger partial charge on any atom is 0.450 e. The van der Waals surface area contributed by atoms with Crippen LogP contribution in [0.2, 0.25) is 5.02 Å². The number of hydrogen-bond donors (Lipinski definition) is 1. The van der Waals surface area contributed by atoms with Crippen LogP contribution in [0.3, 0.4) is 0 Å². The highest BCUT2D eigenvalue weighted by Crippen LogP contribution is 2.39. The Morgan fingerprint density at radius 2 is 1.87 bits per heavy atom. The van der Waals surface area contributed by atoms with Crippen molar-refractivity contribution < 1.29 is 22.7 Å². The zero-order valence-electron chi connectivity index (χ0n) is 16.8. The molecule has 0 saturated carbocycles. The van der Waals surface area contributed by atoms with Crippen LogP contribution in [-0.4, -0.2) is 22.6 Å². The van der Waals surface area contributed by atoms with Gasteiger partial charge in [-0.25, -0.2) is 0 Å². The van der Waals surface area contributed by atoms with Gasteiger partial charge in [-0.2, -0.15) is 13.2 Å². The molecule has 1 aromatic heterocycles. The number of aromatic hydroxyl groups is 1. The molecule has 3 aromatic rings. The number of alkyl halides is 3. The van der Waals surface area contributed by atoms with Gasteiger partial charge in [-0.15, -0.1) is 0 Å². The summed E-state index contributed by atoms with van der Waals surface area (Å²) in [5, 5.41) is 10.8. The van der Waals surface area contributed by atoms with Crippen molar-refractivity contribution in [2.24, 2.45) is 0 Å². The molecule has 4 rings (SSSR count). The molecule has 1 fully saturated rings. The molecule has 4 nitrogen and oxygen atoms in total. The number of nitrogens with zero attached hydrogens (tertiary/aromatic N) is 1. The van der Waals surface area contributed by atoms with Crippen LogP contribution in [0.25, 0.3) is 22.1 Å². The SMILES string of the molecule is C[C@@H]1CCCCN1Cc1c(O)ccc2c(=O)c(-c3ccc(Cl)cc3)c(C(F)(F)F)oc12. The van der Waals surface area contributed by atoms with Gasteiger partial charge in [-0.1, -0.05) is 30.2 Å². The summed E-state index contributed by atoms with van der Waals surface area (Å²) in [5.41, 5.74) is -1.35. The van der Waals surface area contributed by atoms with Crippen LogP contribution >= 0.6 is 11.6 Å². The molecule has 0 radical (unpaired) electrons. The van der Waals surface area contributed by atoms with Gasteiger partial charge in [-0.3, -0.25) is 9.69 Å². The fourth-order valence-corrected chi connectivity index (χ4v) is 4.26. The van der Waals surface area contributed by atoms with Gasteiger partial charge in [0, 0.05) is 17.6 Å². The summed E-state index contributed by atoms with van der Waals surface area (Å²) >= 11 is 5.85. The molecule has 0 spiro atoms. The van der Waals surface area contributed by atoms with Crippen molar-refractivity contribution in [3.8, 4) is 16.9 Å². The minimum Gasteiger partial charge on any atom is -0.507 e. The lowest BCUT2D eigenvalue weighted by Crippen LogP contribution is -2.36. The van der Waals surface area contributed by atoms with Gasteiger partial charge in [-0.05, 0) is 56.1 Å². The van der Waals surface area contributed by atoms with Crippen molar-refractivity contribution in [3.05, 3.63) is 63.0 Å². The van der Waals surface area contributed by atoms with Gasteiger partial charge in [0.1, 0.15) is 11.3 Å². The topological polar surface area (TPSA) is 53.7 Å². The number of hydrogen-bond acceptors (Lipinski definition) is 4.